The first-order chi connectivity index (χ1) is 8.56. The average molecular weight is 286 g/mol. The van der Waals surface area contributed by atoms with Gasteiger partial charge in [-0.15, -0.1) is 5.10 Å². The minimum absolute atomic E-state index is 0.0256. The van der Waals surface area contributed by atoms with Crippen LogP contribution in [0.2, 0.25) is 5.02 Å². The van der Waals surface area contributed by atoms with E-state index in [0.29, 0.717) is 10.9 Å². The minimum Gasteiger partial charge on any atom is -0.307 e. The molecule has 2 aromatic rings. The van der Waals surface area contributed by atoms with Gasteiger partial charge < -0.3 is 5.32 Å². The molecule has 0 aliphatic heterocycles. The standard InChI is InChI=1S/C11H16ClN5S/c1-6(2)8-11(18-16-15-8)9(13-3)10-7(12)5-14-17(10)4/h5-6,9,13H,1-4H3. The summed E-state index contributed by atoms with van der Waals surface area (Å²) in [6.45, 7) is 4.22. The van der Waals surface area contributed by atoms with Gasteiger partial charge in [-0.1, -0.05) is 29.9 Å². The van der Waals surface area contributed by atoms with Gasteiger partial charge in [-0.3, -0.25) is 4.68 Å². The normalized spacial score (nSPS) is 13.2. The molecule has 0 amide bonds. The van der Waals surface area contributed by atoms with Crippen LogP contribution in [0.5, 0.6) is 0 Å². The van der Waals surface area contributed by atoms with Gasteiger partial charge >= 0.3 is 0 Å². The van der Waals surface area contributed by atoms with Crippen molar-refractivity contribution in [2.45, 2.75) is 25.8 Å². The van der Waals surface area contributed by atoms with Crippen molar-refractivity contribution < 1.29 is 0 Å². The lowest BCUT2D eigenvalue weighted by Gasteiger charge is -2.17. The molecule has 0 saturated carbocycles. The van der Waals surface area contributed by atoms with E-state index in [9.17, 15) is 0 Å². The van der Waals surface area contributed by atoms with Crippen molar-refractivity contribution in [3.63, 3.8) is 0 Å². The van der Waals surface area contributed by atoms with Crippen molar-refractivity contribution in [2.75, 3.05) is 7.05 Å². The van der Waals surface area contributed by atoms with Gasteiger partial charge in [0.1, 0.15) is 0 Å². The van der Waals surface area contributed by atoms with Crippen LogP contribution in [0.25, 0.3) is 0 Å². The maximum atomic E-state index is 6.21. The molecular weight excluding hydrogens is 270 g/mol. The monoisotopic (exact) mass is 285 g/mol. The molecule has 0 aliphatic carbocycles. The van der Waals surface area contributed by atoms with Crippen molar-refractivity contribution in [1.29, 1.82) is 0 Å². The molecule has 2 aromatic heterocycles. The van der Waals surface area contributed by atoms with E-state index in [0.717, 1.165) is 16.3 Å². The zero-order valence-electron chi connectivity index (χ0n) is 10.8. The fraction of sp³-hybridized carbons (Fsp3) is 0.545. The highest BCUT2D eigenvalue weighted by molar-refractivity contribution is 7.05. The lowest BCUT2D eigenvalue weighted by molar-refractivity contribution is 0.603. The second-order valence-electron chi connectivity index (χ2n) is 4.40. The Morgan fingerprint density at radius 1 is 1.44 bits per heavy atom. The van der Waals surface area contributed by atoms with Gasteiger partial charge in [0.15, 0.2) is 0 Å². The Hall–Kier alpha value is -0.980. The molecule has 18 heavy (non-hydrogen) atoms. The molecule has 0 aromatic carbocycles. The molecule has 0 saturated heterocycles. The molecule has 1 unspecified atom stereocenters. The summed E-state index contributed by atoms with van der Waals surface area (Å²) in [5.74, 6) is 0.335. The molecule has 1 N–H and O–H groups in total. The second kappa shape index (κ2) is 5.34. The topological polar surface area (TPSA) is 55.6 Å². The third-order valence-corrected chi connectivity index (χ3v) is 3.95. The molecule has 2 rings (SSSR count). The molecule has 5 nitrogen and oxygen atoms in total. The maximum Gasteiger partial charge on any atom is 0.0890 e. The molecular formula is C11H16ClN5S. The minimum atomic E-state index is -0.0256. The quantitative estimate of drug-likeness (QED) is 0.937. The first kappa shape index (κ1) is 13.5. The number of aryl methyl sites for hydroxylation is 1. The van der Waals surface area contributed by atoms with E-state index >= 15 is 0 Å². The Balaban J connectivity index is 2.49. The number of hydrogen-bond donors (Lipinski definition) is 1. The summed E-state index contributed by atoms with van der Waals surface area (Å²) >= 11 is 7.61. The lowest BCUT2D eigenvalue weighted by Crippen LogP contribution is -2.21. The number of nitrogens with zero attached hydrogens (tertiary/aromatic N) is 4. The third-order valence-electron chi connectivity index (χ3n) is 2.85. The number of rotatable bonds is 4. The van der Waals surface area contributed by atoms with E-state index in [1.165, 1.54) is 11.5 Å². The van der Waals surface area contributed by atoms with Crippen molar-refractivity contribution in [2.24, 2.45) is 7.05 Å². The number of hydrogen-bond acceptors (Lipinski definition) is 5. The van der Waals surface area contributed by atoms with E-state index in [2.05, 4.69) is 33.8 Å². The summed E-state index contributed by atoms with van der Waals surface area (Å²) < 4.78 is 5.85. The van der Waals surface area contributed by atoms with Crippen LogP contribution in [0.15, 0.2) is 6.20 Å². The van der Waals surface area contributed by atoms with E-state index in [4.69, 9.17) is 11.6 Å². The van der Waals surface area contributed by atoms with E-state index in [1.54, 1.807) is 10.9 Å². The van der Waals surface area contributed by atoms with Crippen LogP contribution in [0.4, 0.5) is 0 Å². The van der Waals surface area contributed by atoms with Gasteiger partial charge in [0, 0.05) is 7.05 Å². The van der Waals surface area contributed by atoms with Crippen molar-refractivity contribution >= 4 is 23.1 Å². The second-order valence-corrected chi connectivity index (χ2v) is 5.59. The smallest absolute Gasteiger partial charge is 0.0890 e. The molecule has 1 atom stereocenters. The molecule has 7 heteroatoms. The highest BCUT2D eigenvalue weighted by atomic mass is 35.5. The predicted molar refractivity (Wildman–Crippen MR) is 73.1 cm³/mol. The molecule has 0 bridgehead atoms. The fourth-order valence-electron chi connectivity index (χ4n) is 1.94. The Kier molecular flexibility index (Phi) is 3.99. The Morgan fingerprint density at radius 2 is 2.17 bits per heavy atom. The van der Waals surface area contributed by atoms with Crippen molar-refractivity contribution in [3.8, 4) is 0 Å². The molecule has 0 radical (unpaired) electrons. The summed E-state index contributed by atoms with van der Waals surface area (Å²) in [5.41, 5.74) is 1.95. The molecule has 0 fully saturated rings. The number of aromatic nitrogens is 4. The largest absolute Gasteiger partial charge is 0.307 e. The molecule has 98 valence electrons. The van der Waals surface area contributed by atoms with Crippen LogP contribution in [0, 0.1) is 0 Å². The summed E-state index contributed by atoms with van der Waals surface area (Å²) in [5, 5.41) is 12.3. The van der Waals surface area contributed by atoms with Crippen LogP contribution in [-0.2, 0) is 7.05 Å². The Morgan fingerprint density at radius 3 is 2.67 bits per heavy atom. The fourth-order valence-corrected chi connectivity index (χ4v) is 3.14. The van der Waals surface area contributed by atoms with E-state index < -0.39 is 0 Å². The maximum absolute atomic E-state index is 6.21. The molecule has 0 aliphatic rings. The Labute approximate surface area is 115 Å². The van der Waals surface area contributed by atoms with E-state index in [-0.39, 0.29) is 6.04 Å². The third kappa shape index (κ3) is 2.28. The van der Waals surface area contributed by atoms with Gasteiger partial charge in [0.2, 0.25) is 0 Å². The van der Waals surface area contributed by atoms with Gasteiger partial charge in [-0.25, -0.2) is 0 Å². The summed E-state index contributed by atoms with van der Waals surface area (Å²) in [6.07, 6.45) is 1.66. The first-order valence-corrected chi connectivity index (χ1v) is 6.88. The van der Waals surface area contributed by atoms with Gasteiger partial charge in [-0.2, -0.15) is 5.10 Å². The highest BCUT2D eigenvalue weighted by Crippen LogP contribution is 2.33. The molecule has 2 heterocycles. The van der Waals surface area contributed by atoms with Gasteiger partial charge in [0.25, 0.3) is 0 Å². The molecule has 0 spiro atoms. The summed E-state index contributed by atoms with van der Waals surface area (Å²) in [7, 11) is 3.78. The van der Waals surface area contributed by atoms with Crippen LogP contribution in [-0.4, -0.2) is 26.4 Å². The predicted octanol–water partition coefficient (Wildman–Crippen LogP) is 2.36. The zero-order valence-corrected chi connectivity index (χ0v) is 12.4. The Bertz CT molecular complexity index is 514. The number of nitrogens with one attached hydrogen (secondary N) is 1. The highest BCUT2D eigenvalue weighted by Gasteiger charge is 2.25. The first-order valence-electron chi connectivity index (χ1n) is 5.73. The van der Waals surface area contributed by atoms with Gasteiger partial charge in [0.05, 0.1) is 33.5 Å². The van der Waals surface area contributed by atoms with E-state index in [1.807, 2.05) is 14.1 Å². The van der Waals surface area contributed by atoms with Crippen LogP contribution in [0.1, 0.15) is 42.1 Å². The van der Waals surface area contributed by atoms with Gasteiger partial charge in [-0.05, 0) is 24.5 Å². The average Bonchev–Trinajstić information content (AvgIpc) is 2.91. The number of halogens is 1. The van der Waals surface area contributed by atoms with Crippen LogP contribution in [0.3, 0.4) is 0 Å². The van der Waals surface area contributed by atoms with Crippen LogP contribution < -0.4 is 5.32 Å². The lowest BCUT2D eigenvalue weighted by atomic mass is 10.0. The van der Waals surface area contributed by atoms with Crippen molar-refractivity contribution in [3.05, 3.63) is 27.5 Å². The van der Waals surface area contributed by atoms with Crippen molar-refractivity contribution in [1.82, 2.24) is 24.7 Å². The summed E-state index contributed by atoms with van der Waals surface area (Å²) in [6, 6.07) is -0.0256. The summed E-state index contributed by atoms with van der Waals surface area (Å²) in [4.78, 5) is 1.10. The SMILES string of the molecule is CNC(c1snnc1C(C)C)c1c(Cl)cnn1C. The van der Waals surface area contributed by atoms with Crippen LogP contribution >= 0.6 is 23.1 Å². The zero-order chi connectivity index (χ0) is 13.3.